The number of anilines is 1. The third-order valence-corrected chi connectivity index (χ3v) is 4.38. The Kier molecular flexibility index (Phi) is 2.75. The van der Waals surface area contributed by atoms with E-state index in [0.29, 0.717) is 5.56 Å². The van der Waals surface area contributed by atoms with Crippen molar-refractivity contribution in [3.8, 4) is 10.6 Å². The molecular weight excluding hydrogens is 284 g/mol. The third kappa shape index (κ3) is 2.00. The number of rotatable bonds is 2. The van der Waals surface area contributed by atoms with Gasteiger partial charge in [0.2, 0.25) is 0 Å². The highest BCUT2D eigenvalue weighted by atomic mass is 32.1. The summed E-state index contributed by atoms with van der Waals surface area (Å²) < 4.78 is 0. The minimum Gasteiger partial charge on any atom is -0.361 e. The Balaban J connectivity index is 1.74. The van der Waals surface area contributed by atoms with Gasteiger partial charge in [-0.3, -0.25) is 9.89 Å². The molecule has 0 fully saturated rings. The van der Waals surface area contributed by atoms with Crippen molar-refractivity contribution in [2.24, 2.45) is 0 Å². The first kappa shape index (κ1) is 12.2. The van der Waals surface area contributed by atoms with E-state index in [1.54, 1.807) is 17.5 Å². The monoisotopic (exact) mass is 296 g/mol. The van der Waals surface area contributed by atoms with Crippen LogP contribution in [0.2, 0.25) is 0 Å². The quantitative estimate of drug-likeness (QED) is 0.681. The van der Waals surface area contributed by atoms with Gasteiger partial charge in [-0.2, -0.15) is 5.10 Å². The maximum atomic E-state index is 12.2. The van der Waals surface area contributed by atoms with Gasteiger partial charge in [-0.25, -0.2) is 0 Å². The van der Waals surface area contributed by atoms with E-state index in [9.17, 15) is 4.79 Å². The van der Waals surface area contributed by atoms with Crippen LogP contribution in [-0.4, -0.2) is 16.1 Å². The van der Waals surface area contributed by atoms with Crippen molar-refractivity contribution in [1.29, 1.82) is 0 Å². The lowest BCUT2D eigenvalue weighted by Crippen LogP contribution is -2.38. The van der Waals surface area contributed by atoms with E-state index in [1.165, 1.54) is 0 Å². The van der Waals surface area contributed by atoms with E-state index in [-0.39, 0.29) is 12.1 Å². The molecule has 0 radical (unpaired) electrons. The van der Waals surface area contributed by atoms with Crippen molar-refractivity contribution >= 4 is 22.9 Å². The van der Waals surface area contributed by atoms with E-state index >= 15 is 0 Å². The van der Waals surface area contributed by atoms with Gasteiger partial charge in [0.25, 0.3) is 5.91 Å². The zero-order chi connectivity index (χ0) is 14.2. The van der Waals surface area contributed by atoms with Crippen molar-refractivity contribution < 1.29 is 4.79 Å². The molecule has 5 nitrogen and oxygen atoms in total. The SMILES string of the molecule is O=C1N[C@H](c2cn[nH]c2-c2cccs2)Nc2ccccc21. The molecule has 2 aromatic heterocycles. The van der Waals surface area contributed by atoms with Gasteiger partial charge in [-0.15, -0.1) is 11.3 Å². The van der Waals surface area contributed by atoms with Crippen molar-refractivity contribution in [3.05, 3.63) is 59.1 Å². The fourth-order valence-corrected chi connectivity index (χ4v) is 3.24. The molecule has 0 bridgehead atoms. The number of carbonyl (C=O) groups excluding carboxylic acids is 1. The van der Waals surface area contributed by atoms with Crippen LogP contribution in [0.25, 0.3) is 10.6 Å². The Hall–Kier alpha value is -2.60. The Morgan fingerprint density at radius 2 is 2.00 bits per heavy atom. The largest absolute Gasteiger partial charge is 0.361 e. The van der Waals surface area contributed by atoms with Crippen LogP contribution in [0.1, 0.15) is 22.1 Å². The molecule has 0 saturated heterocycles. The van der Waals surface area contributed by atoms with Crippen LogP contribution in [0.15, 0.2) is 48.0 Å². The van der Waals surface area contributed by atoms with Gasteiger partial charge in [-0.1, -0.05) is 18.2 Å². The molecule has 6 heteroatoms. The zero-order valence-corrected chi connectivity index (χ0v) is 11.8. The predicted octanol–water partition coefficient (Wildman–Crippen LogP) is 2.99. The van der Waals surface area contributed by atoms with Crippen LogP contribution in [-0.2, 0) is 0 Å². The molecule has 1 atom stereocenters. The normalized spacial score (nSPS) is 17.0. The number of carbonyl (C=O) groups is 1. The van der Waals surface area contributed by atoms with Crippen molar-refractivity contribution in [3.63, 3.8) is 0 Å². The number of fused-ring (bicyclic) bond motifs is 1. The summed E-state index contributed by atoms with van der Waals surface area (Å²) in [7, 11) is 0. The fraction of sp³-hybridized carbons (Fsp3) is 0.0667. The van der Waals surface area contributed by atoms with Crippen molar-refractivity contribution in [1.82, 2.24) is 15.5 Å². The molecule has 0 unspecified atom stereocenters. The molecule has 1 aliphatic rings. The predicted molar refractivity (Wildman–Crippen MR) is 82.2 cm³/mol. The summed E-state index contributed by atoms with van der Waals surface area (Å²) in [6.07, 6.45) is 1.46. The zero-order valence-electron chi connectivity index (χ0n) is 11.0. The van der Waals surface area contributed by atoms with Gasteiger partial charge in [0, 0.05) is 11.3 Å². The summed E-state index contributed by atoms with van der Waals surface area (Å²) in [5, 5.41) is 15.5. The number of amides is 1. The second kappa shape index (κ2) is 4.75. The van der Waals surface area contributed by atoms with E-state index in [0.717, 1.165) is 21.8 Å². The molecule has 1 aromatic carbocycles. The molecule has 3 N–H and O–H groups in total. The molecule has 21 heavy (non-hydrogen) atoms. The first-order valence-corrected chi connectivity index (χ1v) is 7.44. The van der Waals surface area contributed by atoms with Gasteiger partial charge in [0.05, 0.1) is 22.3 Å². The fourth-order valence-electron chi connectivity index (χ4n) is 2.50. The number of aromatic amines is 1. The number of thiophene rings is 1. The highest BCUT2D eigenvalue weighted by Crippen LogP contribution is 2.32. The smallest absolute Gasteiger partial charge is 0.255 e. The summed E-state index contributed by atoms with van der Waals surface area (Å²) in [6, 6.07) is 11.5. The first-order chi connectivity index (χ1) is 10.3. The minimum absolute atomic E-state index is 0.0762. The van der Waals surface area contributed by atoms with E-state index < -0.39 is 0 Å². The summed E-state index contributed by atoms with van der Waals surface area (Å²) in [4.78, 5) is 13.3. The van der Waals surface area contributed by atoms with Crippen LogP contribution < -0.4 is 10.6 Å². The van der Waals surface area contributed by atoms with Crippen molar-refractivity contribution in [2.75, 3.05) is 5.32 Å². The second-order valence-electron chi connectivity index (χ2n) is 4.77. The third-order valence-electron chi connectivity index (χ3n) is 3.49. The van der Waals surface area contributed by atoms with Gasteiger partial charge in [-0.05, 0) is 23.6 Å². The molecule has 1 amide bonds. The average molecular weight is 296 g/mol. The topological polar surface area (TPSA) is 69.8 Å². The highest BCUT2D eigenvalue weighted by Gasteiger charge is 2.27. The Labute approximate surface area is 125 Å². The lowest BCUT2D eigenvalue weighted by Gasteiger charge is -2.27. The van der Waals surface area contributed by atoms with Crippen LogP contribution in [0.4, 0.5) is 5.69 Å². The lowest BCUT2D eigenvalue weighted by molar-refractivity contribution is 0.0936. The summed E-state index contributed by atoms with van der Waals surface area (Å²) >= 11 is 1.63. The van der Waals surface area contributed by atoms with Crippen molar-refractivity contribution in [2.45, 2.75) is 6.17 Å². The molecule has 104 valence electrons. The van der Waals surface area contributed by atoms with Gasteiger partial charge in [0.1, 0.15) is 6.17 Å². The Morgan fingerprint density at radius 1 is 1.10 bits per heavy atom. The van der Waals surface area contributed by atoms with E-state index in [1.807, 2.05) is 41.8 Å². The van der Waals surface area contributed by atoms with Crippen LogP contribution >= 0.6 is 11.3 Å². The molecule has 0 saturated carbocycles. The standard InChI is InChI=1S/C15H12N4OS/c20-15-9-4-1-2-5-11(9)17-14(18-15)10-8-16-19-13(10)12-6-3-7-21-12/h1-8,14,17H,(H,16,19)(H,18,20)/t14-/m1/s1. The Bertz CT molecular complexity index is 794. The summed E-state index contributed by atoms with van der Waals surface area (Å²) in [5.41, 5.74) is 3.36. The maximum Gasteiger partial charge on any atom is 0.255 e. The number of nitrogens with one attached hydrogen (secondary N) is 3. The number of H-pyrrole nitrogens is 1. The number of aromatic nitrogens is 2. The molecule has 0 aliphatic carbocycles. The molecule has 0 spiro atoms. The first-order valence-electron chi connectivity index (χ1n) is 6.56. The molecule has 1 aliphatic heterocycles. The Morgan fingerprint density at radius 3 is 2.86 bits per heavy atom. The summed E-state index contributed by atoms with van der Waals surface area (Å²) in [6.45, 7) is 0. The molecule has 3 aromatic rings. The van der Waals surface area contributed by atoms with Crippen LogP contribution in [0.3, 0.4) is 0 Å². The highest BCUT2D eigenvalue weighted by molar-refractivity contribution is 7.13. The lowest BCUT2D eigenvalue weighted by atomic mass is 10.1. The minimum atomic E-state index is -0.289. The number of nitrogens with zero attached hydrogens (tertiary/aromatic N) is 1. The van der Waals surface area contributed by atoms with Crippen LogP contribution in [0.5, 0.6) is 0 Å². The van der Waals surface area contributed by atoms with E-state index in [4.69, 9.17) is 0 Å². The second-order valence-corrected chi connectivity index (χ2v) is 5.72. The number of benzene rings is 1. The molecule has 3 heterocycles. The van der Waals surface area contributed by atoms with Gasteiger partial charge < -0.3 is 10.6 Å². The molecular formula is C15H12N4OS. The number of para-hydroxylation sites is 1. The number of hydrogen-bond donors (Lipinski definition) is 3. The van der Waals surface area contributed by atoms with E-state index in [2.05, 4.69) is 20.8 Å². The average Bonchev–Trinajstić information content (AvgIpc) is 3.18. The number of hydrogen-bond acceptors (Lipinski definition) is 4. The van der Waals surface area contributed by atoms with Crippen LogP contribution in [0, 0.1) is 0 Å². The maximum absolute atomic E-state index is 12.2. The van der Waals surface area contributed by atoms with Gasteiger partial charge in [0.15, 0.2) is 0 Å². The molecule has 4 rings (SSSR count). The summed E-state index contributed by atoms with van der Waals surface area (Å²) in [5.74, 6) is -0.0762. The van der Waals surface area contributed by atoms with Gasteiger partial charge >= 0.3 is 0 Å².